The van der Waals surface area contributed by atoms with Crippen molar-refractivity contribution in [2.75, 3.05) is 13.6 Å². The first-order valence-electron chi connectivity index (χ1n) is 12.7. The van der Waals surface area contributed by atoms with Crippen LogP contribution in [0.3, 0.4) is 0 Å². The molecule has 6 heteroatoms. The molecule has 2 aliphatic heterocycles. The number of imidazole rings is 1. The third-order valence-electron chi connectivity index (χ3n) is 7.18. The molecule has 0 bridgehead atoms. The molecular formula is C28H35N5O. The molecule has 0 radical (unpaired) electrons. The predicted molar refractivity (Wildman–Crippen MR) is 135 cm³/mol. The van der Waals surface area contributed by atoms with E-state index >= 15 is 0 Å². The standard InChI is InChI=1S/C28H35N5O/c1-32(18-11-16-23-20-24(31-30-23)21-12-5-2-6-13-21)28(34)26-25-17-9-4-10-19-33(25)27(29-26)22-14-7-3-8-15-22/h2-3,5-8,12-15,23-24,30-31H,4,9-11,16-20H2,1H3. The monoisotopic (exact) mass is 457 g/mol. The summed E-state index contributed by atoms with van der Waals surface area (Å²) in [5, 5.41) is 0. The molecule has 3 aromatic rings. The van der Waals surface area contributed by atoms with Gasteiger partial charge in [0, 0.05) is 37.8 Å². The number of amides is 1. The Bertz CT molecular complexity index is 1090. The SMILES string of the molecule is CN(CCCC1CC(c2ccccc2)NN1)C(=O)c1nc(-c2ccccc2)n2c1CCCCC2. The topological polar surface area (TPSA) is 62.2 Å². The smallest absolute Gasteiger partial charge is 0.274 e. The number of hydrogen-bond donors (Lipinski definition) is 2. The summed E-state index contributed by atoms with van der Waals surface area (Å²) in [5.74, 6) is 0.981. The van der Waals surface area contributed by atoms with E-state index in [0.29, 0.717) is 17.8 Å². The van der Waals surface area contributed by atoms with E-state index in [2.05, 4.69) is 57.9 Å². The van der Waals surface area contributed by atoms with E-state index in [-0.39, 0.29) is 5.91 Å². The summed E-state index contributed by atoms with van der Waals surface area (Å²) in [4.78, 5) is 20.2. The number of benzene rings is 2. The van der Waals surface area contributed by atoms with Crippen LogP contribution in [-0.2, 0) is 13.0 Å². The molecule has 0 aliphatic carbocycles. The predicted octanol–water partition coefficient (Wildman–Crippen LogP) is 4.74. The van der Waals surface area contributed by atoms with Gasteiger partial charge in [-0.2, -0.15) is 0 Å². The second-order valence-corrected chi connectivity index (χ2v) is 9.61. The molecule has 34 heavy (non-hydrogen) atoms. The van der Waals surface area contributed by atoms with Gasteiger partial charge in [-0.25, -0.2) is 4.98 Å². The average molecular weight is 458 g/mol. The molecule has 1 aromatic heterocycles. The van der Waals surface area contributed by atoms with Crippen molar-refractivity contribution in [2.24, 2.45) is 0 Å². The maximum atomic E-state index is 13.5. The molecule has 2 unspecified atom stereocenters. The Kier molecular flexibility index (Phi) is 7.07. The van der Waals surface area contributed by atoms with Crippen molar-refractivity contribution in [1.29, 1.82) is 0 Å². The highest BCUT2D eigenvalue weighted by Crippen LogP contribution is 2.28. The normalized spacial score (nSPS) is 20.0. The van der Waals surface area contributed by atoms with Crippen LogP contribution in [0.25, 0.3) is 11.4 Å². The Balaban J connectivity index is 1.22. The van der Waals surface area contributed by atoms with Crippen LogP contribution in [0.1, 0.15) is 66.3 Å². The molecule has 1 fully saturated rings. The molecule has 2 aliphatic rings. The van der Waals surface area contributed by atoms with Crippen molar-refractivity contribution in [3.63, 3.8) is 0 Å². The third kappa shape index (κ3) is 4.93. The Morgan fingerprint density at radius 2 is 1.79 bits per heavy atom. The van der Waals surface area contributed by atoms with Gasteiger partial charge in [-0.1, -0.05) is 67.1 Å². The summed E-state index contributed by atoms with van der Waals surface area (Å²) >= 11 is 0. The van der Waals surface area contributed by atoms with Crippen molar-refractivity contribution in [3.8, 4) is 11.4 Å². The fraction of sp³-hybridized carbons (Fsp3) is 0.429. The van der Waals surface area contributed by atoms with Crippen LogP contribution in [0, 0.1) is 0 Å². The number of fused-ring (bicyclic) bond motifs is 1. The highest BCUT2D eigenvalue weighted by atomic mass is 16.2. The Labute approximate surface area is 202 Å². The van der Waals surface area contributed by atoms with Crippen LogP contribution in [0.2, 0.25) is 0 Å². The lowest BCUT2D eigenvalue weighted by Crippen LogP contribution is -2.33. The van der Waals surface area contributed by atoms with E-state index in [1.54, 1.807) is 0 Å². The van der Waals surface area contributed by atoms with E-state index in [0.717, 1.165) is 68.7 Å². The molecule has 2 atom stereocenters. The summed E-state index contributed by atoms with van der Waals surface area (Å²) in [7, 11) is 1.92. The van der Waals surface area contributed by atoms with Gasteiger partial charge in [0.25, 0.3) is 5.91 Å². The first-order valence-corrected chi connectivity index (χ1v) is 12.7. The molecule has 178 valence electrons. The number of aromatic nitrogens is 2. The molecule has 1 saturated heterocycles. The lowest BCUT2D eigenvalue weighted by atomic mass is 10.00. The number of hydrogen-bond acceptors (Lipinski definition) is 4. The number of nitrogens with one attached hydrogen (secondary N) is 2. The highest BCUT2D eigenvalue weighted by molar-refractivity contribution is 5.94. The van der Waals surface area contributed by atoms with Crippen molar-refractivity contribution >= 4 is 5.91 Å². The van der Waals surface area contributed by atoms with Gasteiger partial charge in [-0.15, -0.1) is 0 Å². The first kappa shape index (κ1) is 22.8. The molecule has 1 amide bonds. The minimum absolute atomic E-state index is 0.0486. The number of hydrazine groups is 1. The van der Waals surface area contributed by atoms with Crippen LogP contribution in [0.5, 0.6) is 0 Å². The van der Waals surface area contributed by atoms with Crippen molar-refractivity contribution in [2.45, 2.75) is 63.6 Å². The number of carbonyl (C=O) groups excluding carboxylic acids is 1. The van der Waals surface area contributed by atoms with Gasteiger partial charge in [0.2, 0.25) is 0 Å². The number of rotatable bonds is 7. The van der Waals surface area contributed by atoms with Gasteiger partial charge in [-0.05, 0) is 44.1 Å². The highest BCUT2D eigenvalue weighted by Gasteiger charge is 2.27. The van der Waals surface area contributed by atoms with Crippen LogP contribution < -0.4 is 10.9 Å². The van der Waals surface area contributed by atoms with Gasteiger partial charge in [0.1, 0.15) is 11.5 Å². The average Bonchev–Trinajstić information content (AvgIpc) is 3.42. The lowest BCUT2D eigenvalue weighted by Gasteiger charge is -2.18. The van der Waals surface area contributed by atoms with Gasteiger partial charge in [-0.3, -0.25) is 15.6 Å². The summed E-state index contributed by atoms with van der Waals surface area (Å²) in [6.07, 6.45) is 7.44. The van der Waals surface area contributed by atoms with Gasteiger partial charge in [0.05, 0.1) is 5.69 Å². The van der Waals surface area contributed by atoms with E-state index in [9.17, 15) is 4.79 Å². The second-order valence-electron chi connectivity index (χ2n) is 9.61. The van der Waals surface area contributed by atoms with Crippen LogP contribution in [-0.4, -0.2) is 40.0 Å². The molecular weight excluding hydrogens is 422 g/mol. The Morgan fingerprint density at radius 3 is 2.59 bits per heavy atom. The van der Waals surface area contributed by atoms with Crippen molar-refractivity contribution in [1.82, 2.24) is 25.3 Å². The quantitative estimate of drug-likeness (QED) is 0.538. The minimum Gasteiger partial charge on any atom is -0.340 e. The Morgan fingerprint density at radius 1 is 1.03 bits per heavy atom. The van der Waals surface area contributed by atoms with Crippen LogP contribution >= 0.6 is 0 Å². The van der Waals surface area contributed by atoms with E-state index in [1.807, 2.05) is 30.1 Å². The van der Waals surface area contributed by atoms with Crippen molar-refractivity contribution < 1.29 is 4.79 Å². The molecule has 6 nitrogen and oxygen atoms in total. The molecule has 0 saturated carbocycles. The number of carbonyl (C=O) groups is 1. The molecule has 3 heterocycles. The third-order valence-corrected chi connectivity index (χ3v) is 7.18. The fourth-order valence-electron chi connectivity index (χ4n) is 5.27. The summed E-state index contributed by atoms with van der Waals surface area (Å²) in [6.45, 7) is 1.67. The fourth-order valence-corrected chi connectivity index (χ4v) is 5.27. The van der Waals surface area contributed by atoms with Crippen molar-refractivity contribution in [3.05, 3.63) is 77.6 Å². The summed E-state index contributed by atoms with van der Waals surface area (Å²) in [6, 6.07) is 21.6. The van der Waals surface area contributed by atoms with E-state index in [4.69, 9.17) is 4.98 Å². The van der Waals surface area contributed by atoms with Crippen LogP contribution in [0.15, 0.2) is 60.7 Å². The molecule has 5 rings (SSSR count). The Hall–Kier alpha value is -2.96. The maximum Gasteiger partial charge on any atom is 0.274 e. The maximum absolute atomic E-state index is 13.5. The molecule has 2 aromatic carbocycles. The summed E-state index contributed by atoms with van der Waals surface area (Å²) < 4.78 is 2.29. The van der Waals surface area contributed by atoms with Gasteiger partial charge >= 0.3 is 0 Å². The van der Waals surface area contributed by atoms with E-state index in [1.165, 1.54) is 12.0 Å². The second kappa shape index (κ2) is 10.5. The zero-order valence-electron chi connectivity index (χ0n) is 20.0. The first-order chi connectivity index (χ1) is 16.7. The number of nitrogens with zero attached hydrogens (tertiary/aromatic N) is 3. The largest absolute Gasteiger partial charge is 0.340 e. The van der Waals surface area contributed by atoms with Gasteiger partial charge in [0.15, 0.2) is 0 Å². The summed E-state index contributed by atoms with van der Waals surface area (Å²) in [5.41, 5.74) is 11.0. The van der Waals surface area contributed by atoms with Gasteiger partial charge < -0.3 is 9.47 Å². The minimum atomic E-state index is 0.0486. The molecule has 0 spiro atoms. The lowest BCUT2D eigenvalue weighted by molar-refractivity contribution is 0.0785. The molecule has 2 N–H and O–H groups in total. The van der Waals surface area contributed by atoms with Crippen LogP contribution in [0.4, 0.5) is 0 Å². The zero-order valence-corrected chi connectivity index (χ0v) is 20.0. The zero-order chi connectivity index (χ0) is 23.3. The van der Waals surface area contributed by atoms with E-state index < -0.39 is 0 Å².